The molecule has 7 heteroatoms. The van der Waals surface area contributed by atoms with Crippen LogP contribution >= 0.6 is 23.8 Å². The molecule has 1 N–H and O–H groups in total. The van der Waals surface area contributed by atoms with Crippen molar-refractivity contribution in [2.45, 2.75) is 0 Å². The standard InChI is InChI=1S/C15H11ClN2O3S/c1-20-13-5-4-9(7-11(13)16)18-14(19)12(17-15(18)22)8-10-3-2-6-21-10/h2-8H,1H3,(H,17,22)/b12-8-. The Bertz CT molecular complexity index is 771. The van der Waals surface area contributed by atoms with Crippen LogP contribution in [-0.4, -0.2) is 18.1 Å². The highest BCUT2D eigenvalue weighted by Gasteiger charge is 2.32. The molecular weight excluding hydrogens is 324 g/mol. The third-order valence-electron chi connectivity index (χ3n) is 3.10. The van der Waals surface area contributed by atoms with Crippen molar-refractivity contribution in [2.75, 3.05) is 12.0 Å². The first kappa shape index (κ1) is 14.6. The molecule has 0 spiro atoms. The number of thiocarbonyl (C=S) groups is 1. The molecule has 1 aliphatic heterocycles. The van der Waals surface area contributed by atoms with Gasteiger partial charge in [0.15, 0.2) is 5.11 Å². The van der Waals surface area contributed by atoms with E-state index in [0.717, 1.165) is 0 Å². The molecule has 1 saturated heterocycles. The summed E-state index contributed by atoms with van der Waals surface area (Å²) in [6.45, 7) is 0. The van der Waals surface area contributed by atoms with E-state index in [4.69, 9.17) is 33.0 Å². The molecule has 1 amide bonds. The van der Waals surface area contributed by atoms with Gasteiger partial charge in [-0.2, -0.15) is 0 Å². The molecule has 5 nitrogen and oxygen atoms in total. The van der Waals surface area contributed by atoms with E-state index in [9.17, 15) is 4.79 Å². The fraction of sp³-hybridized carbons (Fsp3) is 0.0667. The topological polar surface area (TPSA) is 54.7 Å². The van der Waals surface area contributed by atoms with Crippen LogP contribution in [0.1, 0.15) is 5.76 Å². The van der Waals surface area contributed by atoms with Gasteiger partial charge in [-0.05, 0) is 42.5 Å². The van der Waals surface area contributed by atoms with E-state index in [-0.39, 0.29) is 11.0 Å². The lowest BCUT2D eigenvalue weighted by atomic mass is 10.2. The van der Waals surface area contributed by atoms with Crippen LogP contribution in [0.15, 0.2) is 46.7 Å². The molecule has 1 aromatic heterocycles. The summed E-state index contributed by atoms with van der Waals surface area (Å²) in [5.74, 6) is 0.818. The number of benzene rings is 1. The second kappa shape index (κ2) is 5.82. The minimum Gasteiger partial charge on any atom is -0.495 e. The van der Waals surface area contributed by atoms with Gasteiger partial charge in [0.1, 0.15) is 17.2 Å². The summed E-state index contributed by atoms with van der Waals surface area (Å²) in [4.78, 5) is 13.9. The third kappa shape index (κ3) is 2.58. The van der Waals surface area contributed by atoms with E-state index < -0.39 is 0 Å². The zero-order valence-electron chi connectivity index (χ0n) is 11.5. The van der Waals surface area contributed by atoms with E-state index in [1.165, 1.54) is 18.3 Å². The summed E-state index contributed by atoms with van der Waals surface area (Å²) < 4.78 is 10.3. The molecule has 0 radical (unpaired) electrons. The number of hydrogen-bond donors (Lipinski definition) is 1. The van der Waals surface area contributed by atoms with E-state index in [1.807, 2.05) is 0 Å². The Kier molecular flexibility index (Phi) is 3.87. The first-order chi connectivity index (χ1) is 10.6. The lowest BCUT2D eigenvalue weighted by Gasteiger charge is -2.15. The van der Waals surface area contributed by atoms with Gasteiger partial charge in [-0.15, -0.1) is 0 Å². The summed E-state index contributed by atoms with van der Waals surface area (Å²) in [5, 5.41) is 3.56. The molecule has 1 aromatic carbocycles. The Morgan fingerprint density at radius 1 is 1.41 bits per heavy atom. The van der Waals surface area contributed by atoms with Crippen molar-refractivity contribution in [1.82, 2.24) is 5.32 Å². The normalized spacial score (nSPS) is 16.3. The second-order valence-electron chi connectivity index (χ2n) is 4.46. The number of carbonyl (C=O) groups excluding carboxylic acids is 1. The van der Waals surface area contributed by atoms with Gasteiger partial charge >= 0.3 is 0 Å². The predicted octanol–water partition coefficient (Wildman–Crippen LogP) is 3.20. The number of amides is 1. The zero-order valence-corrected chi connectivity index (χ0v) is 13.1. The van der Waals surface area contributed by atoms with Gasteiger partial charge in [-0.3, -0.25) is 9.69 Å². The Morgan fingerprint density at radius 3 is 2.86 bits per heavy atom. The molecule has 0 atom stereocenters. The number of hydrogen-bond acceptors (Lipinski definition) is 4. The van der Waals surface area contributed by atoms with Gasteiger partial charge in [0.2, 0.25) is 0 Å². The number of nitrogens with zero attached hydrogens (tertiary/aromatic N) is 1. The van der Waals surface area contributed by atoms with Gasteiger partial charge < -0.3 is 14.5 Å². The number of methoxy groups -OCH3 is 1. The van der Waals surface area contributed by atoms with Crippen LogP contribution in [0.3, 0.4) is 0 Å². The van der Waals surface area contributed by atoms with Crippen LogP contribution in [0.5, 0.6) is 5.75 Å². The lowest BCUT2D eigenvalue weighted by molar-refractivity contribution is -0.113. The second-order valence-corrected chi connectivity index (χ2v) is 5.26. The number of furan rings is 1. The van der Waals surface area contributed by atoms with Gasteiger partial charge in [0.25, 0.3) is 5.91 Å². The molecule has 0 bridgehead atoms. The van der Waals surface area contributed by atoms with Crippen molar-refractivity contribution in [3.05, 3.63) is 53.1 Å². The first-order valence-corrected chi connectivity index (χ1v) is 7.13. The average molecular weight is 335 g/mol. The minimum atomic E-state index is -0.275. The lowest BCUT2D eigenvalue weighted by Crippen LogP contribution is -2.30. The first-order valence-electron chi connectivity index (χ1n) is 6.34. The molecule has 1 aliphatic rings. The maximum Gasteiger partial charge on any atom is 0.281 e. The maximum absolute atomic E-state index is 12.5. The van der Waals surface area contributed by atoms with Crippen molar-refractivity contribution < 1.29 is 13.9 Å². The van der Waals surface area contributed by atoms with Crippen molar-refractivity contribution in [1.29, 1.82) is 0 Å². The molecule has 0 saturated carbocycles. The molecule has 0 aliphatic carbocycles. The molecule has 0 unspecified atom stereocenters. The molecule has 112 valence electrons. The third-order valence-corrected chi connectivity index (χ3v) is 3.68. The monoisotopic (exact) mass is 334 g/mol. The molecule has 2 aromatic rings. The zero-order chi connectivity index (χ0) is 15.7. The summed E-state index contributed by atoms with van der Waals surface area (Å²) >= 11 is 11.3. The van der Waals surface area contributed by atoms with Crippen molar-refractivity contribution >= 4 is 46.6 Å². The van der Waals surface area contributed by atoms with Crippen LogP contribution in [0, 0.1) is 0 Å². The van der Waals surface area contributed by atoms with Crippen molar-refractivity contribution in [2.24, 2.45) is 0 Å². The summed E-state index contributed by atoms with van der Waals surface area (Å²) in [7, 11) is 1.53. The maximum atomic E-state index is 12.5. The predicted molar refractivity (Wildman–Crippen MR) is 87.9 cm³/mol. The van der Waals surface area contributed by atoms with Crippen LogP contribution < -0.4 is 15.0 Å². The summed E-state index contributed by atoms with van der Waals surface area (Å²) in [5.41, 5.74) is 0.906. The Balaban J connectivity index is 1.93. The van der Waals surface area contributed by atoms with Gasteiger partial charge in [-0.1, -0.05) is 11.6 Å². The van der Waals surface area contributed by atoms with Crippen molar-refractivity contribution in [3.8, 4) is 5.75 Å². The number of ether oxygens (including phenoxy) is 1. The van der Waals surface area contributed by atoms with Crippen LogP contribution in [0.4, 0.5) is 5.69 Å². The summed E-state index contributed by atoms with van der Waals surface area (Å²) in [6.07, 6.45) is 3.13. The average Bonchev–Trinajstić information content (AvgIpc) is 3.08. The van der Waals surface area contributed by atoms with Gasteiger partial charge in [-0.25, -0.2) is 0 Å². The molecular formula is C15H11ClN2O3S. The van der Waals surface area contributed by atoms with E-state index in [0.29, 0.717) is 27.9 Å². The summed E-state index contributed by atoms with van der Waals surface area (Å²) in [6, 6.07) is 8.51. The van der Waals surface area contributed by atoms with Gasteiger partial charge in [0, 0.05) is 6.08 Å². The Labute approximate surface area is 137 Å². The minimum absolute atomic E-state index is 0.275. The highest BCUT2D eigenvalue weighted by molar-refractivity contribution is 7.80. The van der Waals surface area contributed by atoms with Crippen LogP contribution in [0.2, 0.25) is 5.02 Å². The number of halogens is 1. The molecule has 22 heavy (non-hydrogen) atoms. The Morgan fingerprint density at radius 2 is 2.23 bits per heavy atom. The van der Waals surface area contributed by atoms with E-state index in [2.05, 4.69) is 5.32 Å². The SMILES string of the molecule is COc1ccc(N2C(=O)/C(=C/c3ccco3)NC2=S)cc1Cl. The van der Waals surface area contributed by atoms with Crippen molar-refractivity contribution in [3.63, 3.8) is 0 Å². The fourth-order valence-electron chi connectivity index (χ4n) is 2.08. The molecule has 1 fully saturated rings. The largest absolute Gasteiger partial charge is 0.495 e. The smallest absolute Gasteiger partial charge is 0.281 e. The number of rotatable bonds is 3. The molecule has 2 heterocycles. The van der Waals surface area contributed by atoms with E-state index in [1.54, 1.807) is 36.4 Å². The molecule has 3 rings (SSSR count). The Hall–Kier alpha value is -2.31. The van der Waals surface area contributed by atoms with Gasteiger partial charge in [0.05, 0.1) is 24.1 Å². The van der Waals surface area contributed by atoms with Crippen LogP contribution in [-0.2, 0) is 4.79 Å². The highest BCUT2D eigenvalue weighted by atomic mass is 35.5. The highest BCUT2D eigenvalue weighted by Crippen LogP contribution is 2.31. The fourth-order valence-corrected chi connectivity index (χ4v) is 2.63. The number of nitrogens with one attached hydrogen (secondary N) is 1. The van der Waals surface area contributed by atoms with E-state index >= 15 is 0 Å². The number of anilines is 1. The quantitative estimate of drug-likeness (QED) is 0.690. The van der Waals surface area contributed by atoms with Crippen LogP contribution in [0.25, 0.3) is 6.08 Å². The number of carbonyl (C=O) groups is 1.